The zero-order valence-corrected chi connectivity index (χ0v) is 17.6. The lowest BCUT2D eigenvalue weighted by Gasteiger charge is -2.31. The van der Waals surface area contributed by atoms with Gasteiger partial charge in [0.1, 0.15) is 0 Å². The average Bonchev–Trinajstić information content (AvgIpc) is 3.32. The molecule has 5 heteroatoms. The van der Waals surface area contributed by atoms with Crippen molar-refractivity contribution < 1.29 is 4.79 Å². The third kappa shape index (κ3) is 4.23. The average molecular weight is 412 g/mol. The molecular weight excluding hydrogens is 382 g/mol. The molecule has 29 heavy (non-hydrogen) atoms. The summed E-state index contributed by atoms with van der Waals surface area (Å²) in [7, 11) is 0. The van der Waals surface area contributed by atoms with Crippen molar-refractivity contribution in [3.63, 3.8) is 0 Å². The Labute approximate surface area is 177 Å². The molecule has 3 fully saturated rings. The van der Waals surface area contributed by atoms with E-state index in [1.165, 1.54) is 25.7 Å². The number of hydrogen-bond donors (Lipinski definition) is 2. The van der Waals surface area contributed by atoms with Crippen LogP contribution in [0.25, 0.3) is 10.9 Å². The van der Waals surface area contributed by atoms with Gasteiger partial charge < -0.3 is 10.6 Å². The number of carbonyl (C=O) groups excluding carboxylic acids is 1. The Balaban J connectivity index is 1.12. The highest BCUT2D eigenvalue weighted by molar-refractivity contribution is 6.31. The molecule has 4 nitrogen and oxygen atoms in total. The van der Waals surface area contributed by atoms with Gasteiger partial charge in [0.05, 0.1) is 5.52 Å². The van der Waals surface area contributed by atoms with E-state index in [1.807, 2.05) is 30.5 Å². The lowest BCUT2D eigenvalue weighted by atomic mass is 9.86. The smallest absolute Gasteiger partial charge is 0.220 e. The van der Waals surface area contributed by atoms with Gasteiger partial charge in [0, 0.05) is 40.8 Å². The van der Waals surface area contributed by atoms with E-state index in [0.717, 1.165) is 60.5 Å². The van der Waals surface area contributed by atoms with Gasteiger partial charge in [-0.3, -0.25) is 9.78 Å². The number of anilines is 1. The van der Waals surface area contributed by atoms with Crippen molar-refractivity contribution >= 4 is 34.1 Å². The summed E-state index contributed by atoms with van der Waals surface area (Å²) in [6.45, 7) is 0. The maximum atomic E-state index is 12.5. The first-order valence-electron chi connectivity index (χ1n) is 11.2. The summed E-state index contributed by atoms with van der Waals surface area (Å²) in [5, 5.41) is 8.85. The van der Waals surface area contributed by atoms with Gasteiger partial charge in [-0.05, 0) is 87.0 Å². The van der Waals surface area contributed by atoms with E-state index in [4.69, 9.17) is 11.6 Å². The van der Waals surface area contributed by atoms with Crippen molar-refractivity contribution in [2.75, 3.05) is 5.32 Å². The van der Waals surface area contributed by atoms with Gasteiger partial charge in [0.25, 0.3) is 0 Å². The van der Waals surface area contributed by atoms with Gasteiger partial charge in [-0.2, -0.15) is 0 Å². The molecule has 1 unspecified atom stereocenters. The van der Waals surface area contributed by atoms with E-state index < -0.39 is 0 Å². The topological polar surface area (TPSA) is 54.0 Å². The second-order valence-corrected chi connectivity index (χ2v) is 9.86. The molecule has 3 aliphatic carbocycles. The summed E-state index contributed by atoms with van der Waals surface area (Å²) in [6.07, 6.45) is 12.3. The first-order chi connectivity index (χ1) is 14.1. The number of benzene rings is 1. The Bertz CT molecular complexity index is 893. The summed E-state index contributed by atoms with van der Waals surface area (Å²) < 4.78 is 0. The number of carbonyl (C=O) groups is 1. The number of rotatable bonds is 5. The lowest BCUT2D eigenvalue weighted by Crippen LogP contribution is -2.41. The molecule has 0 aliphatic heterocycles. The molecule has 2 aromatic rings. The molecule has 1 aromatic carbocycles. The second kappa shape index (κ2) is 8.14. The number of fused-ring (bicyclic) bond motifs is 3. The van der Waals surface area contributed by atoms with Gasteiger partial charge in [0.15, 0.2) is 0 Å². The molecule has 0 radical (unpaired) electrons. The number of pyridine rings is 1. The number of nitrogens with zero attached hydrogens (tertiary/aromatic N) is 1. The van der Waals surface area contributed by atoms with Crippen LogP contribution in [0.15, 0.2) is 30.5 Å². The summed E-state index contributed by atoms with van der Waals surface area (Å²) in [4.78, 5) is 17.0. The largest absolute Gasteiger partial charge is 0.382 e. The van der Waals surface area contributed by atoms with Crippen LogP contribution in [0.1, 0.15) is 57.8 Å². The summed E-state index contributed by atoms with van der Waals surface area (Å²) in [6, 6.07) is 8.68. The van der Waals surface area contributed by atoms with Crippen LogP contribution in [-0.2, 0) is 4.79 Å². The van der Waals surface area contributed by atoms with Crippen LogP contribution < -0.4 is 10.6 Å². The molecule has 3 atom stereocenters. The van der Waals surface area contributed by atoms with Crippen LogP contribution in [0.4, 0.5) is 5.69 Å². The maximum Gasteiger partial charge on any atom is 0.220 e. The van der Waals surface area contributed by atoms with Crippen molar-refractivity contribution in [2.24, 2.45) is 17.8 Å². The molecule has 5 rings (SSSR count). The van der Waals surface area contributed by atoms with E-state index in [0.29, 0.717) is 23.0 Å². The Hall–Kier alpha value is -1.81. The highest BCUT2D eigenvalue weighted by Crippen LogP contribution is 2.49. The van der Waals surface area contributed by atoms with E-state index >= 15 is 0 Å². The fourth-order valence-electron chi connectivity index (χ4n) is 6.00. The predicted octanol–water partition coefficient (Wildman–Crippen LogP) is 5.55. The standard InChI is InChI=1S/C24H30ClN3O/c25-18-3-8-21-22(9-10-26-23(21)14-18)27-19-4-6-20(7-5-19)28-24(29)13-17-12-15-1-2-16(17)11-15/h3,8-10,14-17,19-20H,1-2,4-7,11-13H2,(H,26,27)(H,28,29)/t15-,16-,17?,19?,20?/m1/s1. The molecule has 154 valence electrons. The van der Waals surface area contributed by atoms with Crippen LogP contribution in [0.3, 0.4) is 0 Å². The van der Waals surface area contributed by atoms with Crippen molar-refractivity contribution in [3.05, 3.63) is 35.5 Å². The molecule has 1 aromatic heterocycles. The van der Waals surface area contributed by atoms with Crippen molar-refractivity contribution in [3.8, 4) is 0 Å². The minimum atomic E-state index is 0.288. The Morgan fingerprint density at radius 2 is 1.86 bits per heavy atom. The van der Waals surface area contributed by atoms with Crippen LogP contribution >= 0.6 is 11.6 Å². The van der Waals surface area contributed by atoms with Gasteiger partial charge >= 0.3 is 0 Å². The molecule has 3 aliphatic rings. The normalized spacial score (nSPS) is 31.1. The van der Waals surface area contributed by atoms with Crippen LogP contribution in [-0.4, -0.2) is 23.0 Å². The highest BCUT2D eigenvalue weighted by Gasteiger charge is 2.40. The lowest BCUT2D eigenvalue weighted by molar-refractivity contribution is -0.123. The quantitative estimate of drug-likeness (QED) is 0.677. The first-order valence-corrected chi connectivity index (χ1v) is 11.6. The Morgan fingerprint density at radius 1 is 1.03 bits per heavy atom. The van der Waals surface area contributed by atoms with Gasteiger partial charge in [-0.15, -0.1) is 0 Å². The van der Waals surface area contributed by atoms with Gasteiger partial charge in [-0.25, -0.2) is 0 Å². The SMILES string of the molecule is O=C(CC1C[C@@H]2CC[C@@H]1C2)NC1CCC(Nc2ccnc3cc(Cl)ccc23)CC1. The van der Waals surface area contributed by atoms with Crippen LogP contribution in [0.2, 0.25) is 5.02 Å². The monoisotopic (exact) mass is 411 g/mol. The first kappa shape index (κ1) is 19.2. The summed E-state index contributed by atoms with van der Waals surface area (Å²) >= 11 is 6.10. The minimum Gasteiger partial charge on any atom is -0.382 e. The number of nitrogens with one attached hydrogen (secondary N) is 2. The summed E-state index contributed by atoms with van der Waals surface area (Å²) in [5.41, 5.74) is 2.04. The van der Waals surface area contributed by atoms with Crippen molar-refractivity contribution in [1.82, 2.24) is 10.3 Å². The fraction of sp³-hybridized carbons (Fsp3) is 0.583. The molecular formula is C24H30ClN3O. The molecule has 1 amide bonds. The number of amides is 1. The zero-order chi connectivity index (χ0) is 19.8. The molecule has 0 saturated heterocycles. The zero-order valence-electron chi connectivity index (χ0n) is 16.9. The molecule has 2 N–H and O–H groups in total. The fourth-order valence-corrected chi connectivity index (χ4v) is 6.17. The Kier molecular flexibility index (Phi) is 5.38. The van der Waals surface area contributed by atoms with Crippen molar-refractivity contribution in [1.29, 1.82) is 0 Å². The predicted molar refractivity (Wildman–Crippen MR) is 118 cm³/mol. The second-order valence-electron chi connectivity index (χ2n) is 9.42. The third-order valence-electron chi connectivity index (χ3n) is 7.49. The molecule has 1 heterocycles. The minimum absolute atomic E-state index is 0.288. The molecule has 0 spiro atoms. The molecule has 2 bridgehead atoms. The molecule has 3 saturated carbocycles. The van der Waals surface area contributed by atoms with Gasteiger partial charge in [0.2, 0.25) is 5.91 Å². The van der Waals surface area contributed by atoms with Gasteiger partial charge in [-0.1, -0.05) is 18.0 Å². The van der Waals surface area contributed by atoms with Crippen molar-refractivity contribution in [2.45, 2.75) is 69.9 Å². The van der Waals surface area contributed by atoms with E-state index in [-0.39, 0.29) is 5.91 Å². The summed E-state index contributed by atoms with van der Waals surface area (Å²) in [5.74, 6) is 2.69. The van der Waals surface area contributed by atoms with Crippen LogP contribution in [0.5, 0.6) is 0 Å². The number of halogens is 1. The maximum absolute atomic E-state index is 12.5. The van der Waals surface area contributed by atoms with Crippen LogP contribution in [0, 0.1) is 17.8 Å². The number of hydrogen-bond acceptors (Lipinski definition) is 3. The third-order valence-corrected chi connectivity index (χ3v) is 7.72. The highest BCUT2D eigenvalue weighted by atomic mass is 35.5. The number of aromatic nitrogens is 1. The Morgan fingerprint density at radius 3 is 2.62 bits per heavy atom. The van der Waals surface area contributed by atoms with E-state index in [1.54, 1.807) is 0 Å². The van der Waals surface area contributed by atoms with E-state index in [9.17, 15) is 4.79 Å². The van der Waals surface area contributed by atoms with E-state index in [2.05, 4.69) is 15.6 Å².